The molecule has 0 aromatic heterocycles. The molecule has 0 heterocycles. The van der Waals surface area contributed by atoms with E-state index < -0.39 is 0 Å². The number of hydrogen-bond acceptors (Lipinski definition) is 2. The van der Waals surface area contributed by atoms with E-state index in [0.29, 0.717) is 6.54 Å². The summed E-state index contributed by atoms with van der Waals surface area (Å²) >= 11 is 3.33. The van der Waals surface area contributed by atoms with E-state index in [-0.39, 0.29) is 18.5 Å². The number of nitrogens with one attached hydrogen (secondary N) is 1. The van der Waals surface area contributed by atoms with Crippen molar-refractivity contribution < 1.29 is 9.50 Å². The molecule has 100 valence electrons. The first kappa shape index (κ1) is 14.2. The minimum atomic E-state index is -0.266. The molecule has 2 N–H and O–H groups in total. The molecule has 0 spiro atoms. The average Bonchev–Trinajstić information content (AvgIpc) is 2.43. The van der Waals surface area contributed by atoms with Gasteiger partial charge in [0.05, 0.1) is 12.6 Å². The zero-order valence-electron chi connectivity index (χ0n) is 10.3. The van der Waals surface area contributed by atoms with Crippen molar-refractivity contribution in [3.63, 3.8) is 0 Å². The van der Waals surface area contributed by atoms with Crippen LogP contribution < -0.4 is 5.32 Å². The second-order valence-electron chi connectivity index (χ2n) is 4.26. The molecule has 0 aliphatic heterocycles. The molecule has 0 fully saturated rings. The minimum absolute atomic E-state index is 0.0167. The first-order valence-electron chi connectivity index (χ1n) is 6.04. The number of hydrogen-bond donors (Lipinski definition) is 2. The fourth-order valence-corrected chi connectivity index (χ4v) is 2.36. The Morgan fingerprint density at radius 2 is 1.89 bits per heavy atom. The van der Waals surface area contributed by atoms with Crippen molar-refractivity contribution in [2.24, 2.45) is 0 Å². The van der Waals surface area contributed by atoms with E-state index in [2.05, 4.69) is 21.2 Å². The second-order valence-corrected chi connectivity index (χ2v) is 5.12. The molecule has 0 aliphatic carbocycles. The van der Waals surface area contributed by atoms with Gasteiger partial charge < -0.3 is 10.4 Å². The molecule has 2 nitrogen and oxygen atoms in total. The molecule has 2 aromatic carbocycles. The van der Waals surface area contributed by atoms with E-state index in [1.807, 2.05) is 30.3 Å². The van der Waals surface area contributed by atoms with Crippen LogP contribution in [0.1, 0.15) is 17.2 Å². The normalized spacial score (nSPS) is 12.4. The lowest BCUT2D eigenvalue weighted by molar-refractivity contribution is 0.243. The number of aliphatic hydroxyl groups is 1. The molecule has 4 heteroatoms. The van der Waals surface area contributed by atoms with Crippen molar-refractivity contribution in [1.82, 2.24) is 5.32 Å². The van der Waals surface area contributed by atoms with Crippen LogP contribution in [0.5, 0.6) is 0 Å². The van der Waals surface area contributed by atoms with Crippen LogP contribution in [-0.4, -0.2) is 11.7 Å². The van der Waals surface area contributed by atoms with Crippen molar-refractivity contribution in [2.75, 3.05) is 6.61 Å². The summed E-state index contributed by atoms with van der Waals surface area (Å²) in [7, 11) is 0. The van der Waals surface area contributed by atoms with Crippen LogP contribution in [0.3, 0.4) is 0 Å². The Balaban J connectivity index is 2.04. The van der Waals surface area contributed by atoms with Gasteiger partial charge in [0.25, 0.3) is 0 Å². The zero-order valence-corrected chi connectivity index (χ0v) is 11.9. The smallest absolute Gasteiger partial charge is 0.124 e. The summed E-state index contributed by atoms with van der Waals surface area (Å²) in [6, 6.07) is 14.2. The van der Waals surface area contributed by atoms with E-state index >= 15 is 0 Å². The fraction of sp³-hybridized carbons (Fsp3) is 0.200. The highest BCUT2D eigenvalue weighted by atomic mass is 79.9. The van der Waals surface area contributed by atoms with Gasteiger partial charge in [-0.15, -0.1) is 0 Å². The van der Waals surface area contributed by atoms with Crippen molar-refractivity contribution >= 4 is 15.9 Å². The first-order chi connectivity index (χ1) is 9.20. The Morgan fingerprint density at radius 3 is 2.53 bits per heavy atom. The van der Waals surface area contributed by atoms with Gasteiger partial charge in [0.2, 0.25) is 0 Å². The molecule has 0 unspecified atom stereocenters. The van der Waals surface area contributed by atoms with Gasteiger partial charge >= 0.3 is 0 Å². The highest BCUT2D eigenvalue weighted by molar-refractivity contribution is 9.10. The maximum Gasteiger partial charge on any atom is 0.124 e. The molecule has 19 heavy (non-hydrogen) atoms. The number of aliphatic hydroxyl groups excluding tert-OH is 1. The van der Waals surface area contributed by atoms with Crippen LogP contribution in [0.2, 0.25) is 0 Å². The van der Waals surface area contributed by atoms with E-state index in [4.69, 9.17) is 0 Å². The minimum Gasteiger partial charge on any atom is -0.394 e. The molecular weight excluding hydrogens is 309 g/mol. The molecule has 1 atom stereocenters. The molecule has 0 amide bonds. The van der Waals surface area contributed by atoms with Gasteiger partial charge in [0, 0.05) is 11.0 Å². The summed E-state index contributed by atoms with van der Waals surface area (Å²) in [4.78, 5) is 0. The summed E-state index contributed by atoms with van der Waals surface area (Å²) in [6.07, 6.45) is 0. The molecular formula is C15H15BrFNO. The molecule has 0 saturated heterocycles. The zero-order chi connectivity index (χ0) is 13.7. The third-order valence-corrected chi connectivity index (χ3v) is 3.68. The predicted octanol–water partition coefficient (Wildman–Crippen LogP) is 3.41. The predicted molar refractivity (Wildman–Crippen MR) is 77.2 cm³/mol. The first-order valence-corrected chi connectivity index (χ1v) is 6.83. The Labute approximate surface area is 120 Å². The van der Waals surface area contributed by atoms with Crippen LogP contribution >= 0.6 is 15.9 Å². The molecule has 0 aliphatic rings. The lowest BCUT2D eigenvalue weighted by atomic mass is 10.1. The summed E-state index contributed by atoms with van der Waals surface area (Å²) in [5.41, 5.74) is 1.99. The standard InChI is InChI=1S/C15H15BrFNO/c16-14-8-13(17)7-6-12(14)9-18-15(10-19)11-4-2-1-3-5-11/h1-8,15,18-19H,9-10H2/t15-/m0/s1. The Hall–Kier alpha value is -1.23. The Kier molecular flexibility index (Phi) is 5.07. The molecule has 0 bridgehead atoms. The third-order valence-electron chi connectivity index (χ3n) is 2.94. The van der Waals surface area contributed by atoms with Crippen molar-refractivity contribution in [3.05, 3.63) is 69.9 Å². The molecule has 0 radical (unpaired) electrons. The Bertz CT molecular complexity index is 533. The van der Waals surface area contributed by atoms with Crippen LogP contribution in [-0.2, 0) is 6.54 Å². The van der Waals surface area contributed by atoms with Crippen LogP contribution in [0.25, 0.3) is 0 Å². The van der Waals surface area contributed by atoms with Gasteiger partial charge in [-0.3, -0.25) is 0 Å². The van der Waals surface area contributed by atoms with Crippen molar-refractivity contribution in [3.8, 4) is 0 Å². The highest BCUT2D eigenvalue weighted by Gasteiger charge is 2.10. The lowest BCUT2D eigenvalue weighted by Crippen LogP contribution is -2.24. The van der Waals surface area contributed by atoms with E-state index in [1.165, 1.54) is 12.1 Å². The van der Waals surface area contributed by atoms with Crippen molar-refractivity contribution in [1.29, 1.82) is 0 Å². The average molecular weight is 324 g/mol. The third kappa shape index (κ3) is 3.86. The Morgan fingerprint density at radius 1 is 1.16 bits per heavy atom. The maximum absolute atomic E-state index is 13.0. The van der Waals surface area contributed by atoms with Gasteiger partial charge in [-0.2, -0.15) is 0 Å². The van der Waals surface area contributed by atoms with Gasteiger partial charge in [-0.1, -0.05) is 52.3 Å². The van der Waals surface area contributed by atoms with Crippen molar-refractivity contribution in [2.45, 2.75) is 12.6 Å². The van der Waals surface area contributed by atoms with E-state index in [0.717, 1.165) is 15.6 Å². The summed E-state index contributed by atoms with van der Waals surface area (Å²) in [5.74, 6) is -0.266. The molecule has 2 aromatic rings. The van der Waals surface area contributed by atoms with Crippen LogP contribution in [0.15, 0.2) is 53.0 Å². The van der Waals surface area contributed by atoms with Crippen LogP contribution in [0.4, 0.5) is 4.39 Å². The number of rotatable bonds is 5. The summed E-state index contributed by atoms with van der Waals surface area (Å²) in [5, 5.41) is 12.7. The number of benzene rings is 2. The topological polar surface area (TPSA) is 32.3 Å². The largest absolute Gasteiger partial charge is 0.394 e. The summed E-state index contributed by atoms with van der Waals surface area (Å²) in [6.45, 7) is 0.573. The van der Waals surface area contributed by atoms with Gasteiger partial charge in [-0.25, -0.2) is 4.39 Å². The molecule has 0 saturated carbocycles. The van der Waals surface area contributed by atoms with E-state index in [1.54, 1.807) is 6.07 Å². The number of halogens is 2. The van der Waals surface area contributed by atoms with Gasteiger partial charge in [-0.05, 0) is 23.3 Å². The summed E-state index contributed by atoms with van der Waals surface area (Å²) < 4.78 is 13.7. The molecule has 2 rings (SSSR count). The maximum atomic E-state index is 13.0. The van der Waals surface area contributed by atoms with E-state index in [9.17, 15) is 9.50 Å². The second kappa shape index (κ2) is 6.80. The monoisotopic (exact) mass is 323 g/mol. The van der Waals surface area contributed by atoms with Gasteiger partial charge in [0.1, 0.15) is 5.82 Å². The van der Waals surface area contributed by atoms with Crippen LogP contribution in [0, 0.1) is 5.82 Å². The lowest BCUT2D eigenvalue weighted by Gasteiger charge is -2.17. The SMILES string of the molecule is OC[C@H](NCc1ccc(F)cc1Br)c1ccccc1. The highest BCUT2D eigenvalue weighted by Crippen LogP contribution is 2.19. The quantitative estimate of drug-likeness (QED) is 0.883. The fourth-order valence-electron chi connectivity index (χ4n) is 1.87. The van der Waals surface area contributed by atoms with Gasteiger partial charge in [0.15, 0.2) is 0 Å².